The van der Waals surface area contributed by atoms with Crippen LogP contribution in [-0.2, 0) is 11.2 Å². The van der Waals surface area contributed by atoms with Gasteiger partial charge >= 0.3 is 12.3 Å². The molecular weight excluding hydrogens is 312 g/mol. The molecule has 0 aliphatic rings. The molecule has 1 atom stereocenters. The van der Waals surface area contributed by atoms with Crippen molar-refractivity contribution in [1.82, 2.24) is 5.43 Å². The maximum Gasteiger partial charge on any atom is 0.330 e. The van der Waals surface area contributed by atoms with Crippen molar-refractivity contribution in [3.05, 3.63) is 34.3 Å². The largest absolute Gasteiger partial charge is 0.373 e. The first-order valence-electron chi connectivity index (χ1n) is 6.21. The highest BCUT2D eigenvalue weighted by molar-refractivity contribution is 6.31. The molecule has 3 nitrogen and oxygen atoms in total. The van der Waals surface area contributed by atoms with Crippen molar-refractivity contribution in [2.45, 2.75) is 31.7 Å². The van der Waals surface area contributed by atoms with Gasteiger partial charge in [-0.15, -0.1) is 0 Å². The predicted octanol–water partition coefficient (Wildman–Crippen LogP) is 2.94. The van der Waals surface area contributed by atoms with E-state index in [0.717, 1.165) is 11.1 Å². The zero-order valence-electron chi connectivity index (χ0n) is 11.4. The summed E-state index contributed by atoms with van der Waals surface area (Å²) in [6, 6.07) is 4.88. The molecule has 0 radical (unpaired) electrons. The number of benzene rings is 1. The third-order valence-corrected chi connectivity index (χ3v) is 3.20. The van der Waals surface area contributed by atoms with Crippen molar-refractivity contribution in [2.75, 3.05) is 13.2 Å². The number of rotatable bonds is 8. The van der Waals surface area contributed by atoms with E-state index >= 15 is 0 Å². The number of nitrogens with one attached hydrogen (secondary N) is 1. The topological polar surface area (TPSA) is 47.3 Å². The van der Waals surface area contributed by atoms with E-state index in [-0.39, 0.29) is 6.61 Å². The summed E-state index contributed by atoms with van der Waals surface area (Å²) < 4.78 is 53.9. The minimum absolute atomic E-state index is 0.233. The van der Waals surface area contributed by atoms with Gasteiger partial charge in [-0.05, 0) is 30.5 Å². The molecule has 0 fully saturated rings. The van der Waals surface area contributed by atoms with Gasteiger partial charge in [0.1, 0.15) is 6.61 Å². The van der Waals surface area contributed by atoms with Crippen molar-refractivity contribution < 1.29 is 22.3 Å². The maximum absolute atomic E-state index is 12.7. The van der Waals surface area contributed by atoms with E-state index in [4.69, 9.17) is 17.4 Å². The number of hydrazine groups is 1. The average molecular weight is 329 g/mol. The number of ether oxygens (including phenoxy) is 1. The Hall–Kier alpha value is -0.890. The van der Waals surface area contributed by atoms with E-state index < -0.39 is 25.0 Å². The lowest BCUT2D eigenvalue weighted by molar-refractivity contribution is -0.167. The Morgan fingerprint density at radius 2 is 2.05 bits per heavy atom. The Bertz CT molecular complexity index is 460. The second-order valence-corrected chi connectivity index (χ2v) is 5.15. The molecule has 120 valence electrons. The van der Waals surface area contributed by atoms with Gasteiger partial charge in [0.05, 0.1) is 6.61 Å². The number of hydrogen-bond acceptors (Lipinski definition) is 3. The van der Waals surface area contributed by atoms with E-state index in [1.54, 1.807) is 12.1 Å². The van der Waals surface area contributed by atoms with Gasteiger partial charge in [0.25, 0.3) is 0 Å². The Balaban J connectivity index is 2.52. The first-order chi connectivity index (χ1) is 9.76. The monoisotopic (exact) mass is 328 g/mol. The van der Waals surface area contributed by atoms with Crippen molar-refractivity contribution in [1.29, 1.82) is 0 Å². The molecule has 0 aliphatic carbocycles. The summed E-state index contributed by atoms with van der Waals surface area (Å²) in [5.41, 5.74) is 4.13. The Morgan fingerprint density at radius 1 is 1.38 bits per heavy atom. The first-order valence-corrected chi connectivity index (χ1v) is 6.59. The number of aryl methyl sites for hydroxylation is 1. The molecular formula is C13H17ClF4N2O. The zero-order valence-corrected chi connectivity index (χ0v) is 12.1. The third-order valence-electron chi connectivity index (χ3n) is 2.84. The summed E-state index contributed by atoms with van der Waals surface area (Å²) in [6.45, 7) is 0.289. The number of alkyl halides is 4. The van der Waals surface area contributed by atoms with Crippen LogP contribution in [0.4, 0.5) is 17.6 Å². The molecule has 0 amide bonds. The van der Waals surface area contributed by atoms with Crippen LogP contribution in [0.3, 0.4) is 0 Å². The van der Waals surface area contributed by atoms with Crippen LogP contribution in [0.5, 0.6) is 0 Å². The van der Waals surface area contributed by atoms with Gasteiger partial charge in [0, 0.05) is 11.1 Å². The highest BCUT2D eigenvalue weighted by Crippen LogP contribution is 2.23. The average Bonchev–Trinajstić information content (AvgIpc) is 2.39. The molecule has 8 heteroatoms. The second kappa shape index (κ2) is 7.93. The smallest absolute Gasteiger partial charge is 0.330 e. The van der Waals surface area contributed by atoms with Crippen LogP contribution in [0.2, 0.25) is 5.02 Å². The van der Waals surface area contributed by atoms with Gasteiger partial charge in [0.2, 0.25) is 0 Å². The van der Waals surface area contributed by atoms with E-state index in [2.05, 4.69) is 10.2 Å². The van der Waals surface area contributed by atoms with Crippen LogP contribution in [0.1, 0.15) is 11.1 Å². The van der Waals surface area contributed by atoms with Crippen molar-refractivity contribution in [3.63, 3.8) is 0 Å². The molecule has 1 unspecified atom stereocenters. The van der Waals surface area contributed by atoms with Gasteiger partial charge in [-0.3, -0.25) is 11.3 Å². The normalized spacial score (nSPS) is 13.7. The van der Waals surface area contributed by atoms with Crippen LogP contribution in [0.25, 0.3) is 0 Å². The number of hydrogen-bond donors (Lipinski definition) is 2. The number of halogens is 5. The lowest BCUT2D eigenvalue weighted by atomic mass is 10.1. The van der Waals surface area contributed by atoms with Crippen LogP contribution in [0.15, 0.2) is 18.2 Å². The van der Waals surface area contributed by atoms with Crippen molar-refractivity contribution >= 4 is 11.6 Å². The molecule has 0 saturated carbocycles. The summed E-state index contributed by atoms with van der Waals surface area (Å²) in [4.78, 5) is 0. The Morgan fingerprint density at radius 3 is 2.57 bits per heavy atom. The van der Waals surface area contributed by atoms with Crippen molar-refractivity contribution in [3.8, 4) is 0 Å². The van der Waals surface area contributed by atoms with Gasteiger partial charge in [-0.1, -0.05) is 23.7 Å². The van der Waals surface area contributed by atoms with Crippen LogP contribution < -0.4 is 11.3 Å². The van der Waals surface area contributed by atoms with Gasteiger partial charge < -0.3 is 4.74 Å². The predicted molar refractivity (Wildman–Crippen MR) is 72.8 cm³/mol. The molecule has 21 heavy (non-hydrogen) atoms. The molecule has 1 aromatic rings. The van der Waals surface area contributed by atoms with Crippen LogP contribution in [0, 0.1) is 6.92 Å². The summed E-state index contributed by atoms with van der Waals surface area (Å²) in [7, 11) is 0. The zero-order chi connectivity index (χ0) is 16.0. The summed E-state index contributed by atoms with van der Waals surface area (Å²) >= 11 is 6.05. The van der Waals surface area contributed by atoms with Gasteiger partial charge in [-0.25, -0.2) is 8.78 Å². The molecule has 0 saturated heterocycles. The highest BCUT2D eigenvalue weighted by Gasteiger charge is 2.41. The van der Waals surface area contributed by atoms with E-state index in [0.29, 0.717) is 11.4 Å². The molecule has 0 spiro atoms. The Kier molecular flexibility index (Phi) is 6.86. The quantitative estimate of drug-likeness (QED) is 0.438. The number of nitrogens with two attached hydrogens (primary N) is 1. The fraction of sp³-hybridized carbons (Fsp3) is 0.538. The van der Waals surface area contributed by atoms with E-state index in [1.165, 1.54) is 0 Å². The SMILES string of the molecule is Cc1ccc(CC(COCC(F)(F)C(F)F)NN)c(Cl)c1. The van der Waals surface area contributed by atoms with Gasteiger partial charge in [0.15, 0.2) is 0 Å². The lowest BCUT2D eigenvalue weighted by Crippen LogP contribution is -2.42. The molecule has 3 N–H and O–H groups in total. The Labute approximate surface area is 125 Å². The molecule has 0 aromatic heterocycles. The molecule has 1 rings (SSSR count). The minimum atomic E-state index is -4.17. The standard InChI is InChI=1S/C13H17ClF4N2O/c1-8-2-3-9(11(14)4-8)5-10(20-19)6-21-7-13(17,18)12(15)16/h2-4,10,12,20H,5-7,19H2,1H3. The fourth-order valence-electron chi connectivity index (χ4n) is 1.65. The highest BCUT2D eigenvalue weighted by atomic mass is 35.5. The minimum Gasteiger partial charge on any atom is -0.373 e. The molecule has 0 bridgehead atoms. The summed E-state index contributed by atoms with van der Waals surface area (Å²) in [5.74, 6) is 1.14. The van der Waals surface area contributed by atoms with Gasteiger partial charge in [-0.2, -0.15) is 8.78 Å². The maximum atomic E-state index is 12.7. The molecule has 0 heterocycles. The van der Waals surface area contributed by atoms with E-state index in [1.807, 2.05) is 13.0 Å². The summed E-state index contributed by atoms with van der Waals surface area (Å²) in [6.07, 6.45) is -3.43. The van der Waals surface area contributed by atoms with Crippen LogP contribution >= 0.6 is 11.6 Å². The molecule has 0 aliphatic heterocycles. The van der Waals surface area contributed by atoms with Crippen LogP contribution in [-0.4, -0.2) is 31.6 Å². The van der Waals surface area contributed by atoms with E-state index in [9.17, 15) is 17.6 Å². The summed E-state index contributed by atoms with van der Waals surface area (Å²) in [5, 5.41) is 0.521. The lowest BCUT2D eigenvalue weighted by Gasteiger charge is -2.20. The fourth-order valence-corrected chi connectivity index (χ4v) is 1.96. The first kappa shape index (κ1) is 18.2. The third kappa shape index (κ3) is 5.78. The van der Waals surface area contributed by atoms with Crippen molar-refractivity contribution in [2.24, 2.45) is 5.84 Å². The second-order valence-electron chi connectivity index (χ2n) is 4.74. The molecule has 1 aromatic carbocycles.